The van der Waals surface area contributed by atoms with E-state index in [1.54, 1.807) is 6.26 Å². The minimum absolute atomic E-state index is 0.0169. The number of rotatable bonds is 6. The van der Waals surface area contributed by atoms with Crippen molar-refractivity contribution in [2.24, 2.45) is 0 Å². The summed E-state index contributed by atoms with van der Waals surface area (Å²) in [5.41, 5.74) is 5.23. The zero-order valence-electron chi connectivity index (χ0n) is 21.2. The lowest BCUT2D eigenvalue weighted by atomic mass is 9.80. The van der Waals surface area contributed by atoms with Crippen molar-refractivity contribution in [2.45, 2.75) is 52.0 Å². The predicted octanol–water partition coefficient (Wildman–Crippen LogP) is 6.44. The zero-order valence-corrected chi connectivity index (χ0v) is 21.2. The van der Waals surface area contributed by atoms with E-state index in [9.17, 15) is 9.59 Å². The average Bonchev–Trinajstić information content (AvgIpc) is 3.39. The van der Waals surface area contributed by atoms with Crippen molar-refractivity contribution < 1.29 is 14.0 Å². The summed E-state index contributed by atoms with van der Waals surface area (Å²) in [6, 6.07) is 19.5. The van der Waals surface area contributed by atoms with Crippen molar-refractivity contribution in [3.63, 3.8) is 0 Å². The number of furan rings is 1. The highest BCUT2D eigenvalue weighted by Gasteiger charge is 2.41. The molecule has 2 heterocycles. The topological polar surface area (TPSA) is 65.8 Å². The van der Waals surface area contributed by atoms with Crippen molar-refractivity contribution in [1.29, 1.82) is 0 Å². The Balaban J connectivity index is 1.68. The lowest BCUT2D eigenvalue weighted by Crippen LogP contribution is -2.38. The van der Waals surface area contributed by atoms with Gasteiger partial charge in [0.25, 0.3) is 0 Å². The number of benzene rings is 2. The number of carbonyl (C=O) groups excluding carboxylic acids is 2. The second-order valence-electron chi connectivity index (χ2n) is 9.36. The molecule has 1 aliphatic heterocycles. The number of nitrogens with one attached hydrogen (secondary N) is 1. The Labute approximate surface area is 212 Å². The van der Waals surface area contributed by atoms with Gasteiger partial charge in [0.15, 0.2) is 5.78 Å². The van der Waals surface area contributed by atoms with Crippen LogP contribution in [-0.4, -0.2) is 24.8 Å². The minimum atomic E-state index is -0.501. The molecule has 0 bridgehead atoms. The first-order valence-corrected chi connectivity index (χ1v) is 12.9. The third-order valence-corrected chi connectivity index (χ3v) is 7.34. The van der Waals surface area contributed by atoms with Gasteiger partial charge < -0.3 is 14.6 Å². The van der Waals surface area contributed by atoms with Crippen LogP contribution in [0.2, 0.25) is 0 Å². The van der Waals surface area contributed by atoms with Gasteiger partial charge in [-0.25, -0.2) is 0 Å². The number of allylic oxidation sites excluding steroid dienone is 1. The van der Waals surface area contributed by atoms with Gasteiger partial charge >= 0.3 is 0 Å². The van der Waals surface area contributed by atoms with Gasteiger partial charge in [-0.15, -0.1) is 0 Å². The SMILES string of the molecule is CCC(=O)N1c2ccccc2NC2=C(C(=O)CC(c3ccco3)C2)C1c1ccc(N(CC)CC)cc1. The van der Waals surface area contributed by atoms with E-state index in [1.807, 2.05) is 48.2 Å². The summed E-state index contributed by atoms with van der Waals surface area (Å²) in [6.07, 6.45) is 2.99. The highest BCUT2D eigenvalue weighted by atomic mass is 16.3. The van der Waals surface area contributed by atoms with Gasteiger partial charge in [0.05, 0.1) is 23.7 Å². The van der Waals surface area contributed by atoms with E-state index in [4.69, 9.17) is 4.42 Å². The van der Waals surface area contributed by atoms with E-state index in [1.165, 1.54) is 0 Å². The summed E-state index contributed by atoms with van der Waals surface area (Å²) in [4.78, 5) is 31.5. The van der Waals surface area contributed by atoms with E-state index in [2.05, 4.69) is 48.3 Å². The van der Waals surface area contributed by atoms with Crippen molar-refractivity contribution in [2.75, 3.05) is 28.2 Å². The molecule has 3 aromatic rings. The third-order valence-electron chi connectivity index (χ3n) is 7.34. The van der Waals surface area contributed by atoms with Crippen molar-refractivity contribution >= 4 is 28.8 Å². The first kappa shape index (κ1) is 23.9. The molecule has 36 heavy (non-hydrogen) atoms. The molecule has 1 N–H and O–H groups in total. The Kier molecular flexibility index (Phi) is 6.68. The number of anilines is 3. The van der Waals surface area contributed by atoms with Crippen LogP contribution >= 0.6 is 0 Å². The molecule has 186 valence electrons. The largest absolute Gasteiger partial charge is 0.469 e. The summed E-state index contributed by atoms with van der Waals surface area (Å²) in [5.74, 6) is 0.808. The number of amides is 1. The maximum atomic E-state index is 13.9. The third kappa shape index (κ3) is 4.21. The molecule has 1 amide bonds. The van der Waals surface area contributed by atoms with Crippen LogP contribution in [0.25, 0.3) is 0 Å². The van der Waals surface area contributed by atoms with Gasteiger partial charge in [-0.2, -0.15) is 0 Å². The quantitative estimate of drug-likeness (QED) is 0.437. The van der Waals surface area contributed by atoms with Gasteiger partial charge in [-0.3, -0.25) is 14.5 Å². The van der Waals surface area contributed by atoms with E-state index >= 15 is 0 Å². The smallest absolute Gasteiger partial charge is 0.227 e. The number of ketones is 1. The number of para-hydroxylation sites is 2. The molecule has 5 rings (SSSR count). The predicted molar refractivity (Wildman–Crippen MR) is 143 cm³/mol. The molecule has 2 aliphatic rings. The molecule has 0 spiro atoms. The summed E-state index contributed by atoms with van der Waals surface area (Å²) in [5, 5.41) is 3.56. The maximum absolute atomic E-state index is 13.9. The summed E-state index contributed by atoms with van der Waals surface area (Å²) >= 11 is 0. The Morgan fingerprint density at radius 3 is 2.42 bits per heavy atom. The zero-order chi connectivity index (χ0) is 25.2. The molecule has 6 heteroatoms. The van der Waals surface area contributed by atoms with E-state index < -0.39 is 6.04 Å². The fourth-order valence-electron chi connectivity index (χ4n) is 5.53. The molecule has 1 aliphatic carbocycles. The summed E-state index contributed by atoms with van der Waals surface area (Å²) in [7, 11) is 0. The number of Topliss-reactive ketones (excluding diaryl/α,β-unsaturated/α-hetero) is 1. The van der Waals surface area contributed by atoms with Crippen LogP contribution in [0.3, 0.4) is 0 Å². The Morgan fingerprint density at radius 1 is 1.00 bits per heavy atom. The Hall–Kier alpha value is -3.80. The standard InChI is InChI=1S/C30H33N3O3/c1-4-28(35)33-25-11-8-7-10-23(25)31-24-18-21(27-12-9-17-36-27)19-26(34)29(24)30(33)20-13-15-22(16-14-20)32(5-2)6-3/h7-17,21,30-31H,4-6,18-19H2,1-3H3. The first-order valence-electron chi connectivity index (χ1n) is 12.9. The molecule has 0 radical (unpaired) electrons. The normalized spacial score (nSPS) is 19.3. The van der Waals surface area contributed by atoms with Crippen LogP contribution in [-0.2, 0) is 9.59 Å². The highest BCUT2D eigenvalue weighted by Crippen LogP contribution is 2.47. The van der Waals surface area contributed by atoms with Crippen LogP contribution in [0.1, 0.15) is 63.3 Å². The van der Waals surface area contributed by atoms with Gasteiger partial charge in [-0.1, -0.05) is 31.2 Å². The Bertz CT molecular complexity index is 1270. The molecule has 6 nitrogen and oxygen atoms in total. The molecular weight excluding hydrogens is 450 g/mol. The van der Waals surface area contributed by atoms with E-state index in [0.717, 1.165) is 47.2 Å². The highest BCUT2D eigenvalue weighted by molar-refractivity contribution is 6.06. The lowest BCUT2D eigenvalue weighted by Gasteiger charge is -2.35. The molecule has 2 aromatic carbocycles. The molecule has 2 atom stereocenters. The second kappa shape index (κ2) is 10.1. The molecular formula is C30H33N3O3. The maximum Gasteiger partial charge on any atom is 0.227 e. The molecule has 0 saturated carbocycles. The number of hydrogen-bond acceptors (Lipinski definition) is 5. The van der Waals surface area contributed by atoms with Crippen LogP contribution in [0.4, 0.5) is 17.1 Å². The fraction of sp³-hybridized carbons (Fsp3) is 0.333. The lowest BCUT2D eigenvalue weighted by molar-refractivity contribution is -0.119. The van der Waals surface area contributed by atoms with Crippen LogP contribution < -0.4 is 15.1 Å². The van der Waals surface area contributed by atoms with Crippen LogP contribution in [0, 0.1) is 0 Å². The van der Waals surface area contributed by atoms with Crippen molar-refractivity contribution in [1.82, 2.24) is 0 Å². The summed E-state index contributed by atoms with van der Waals surface area (Å²) < 4.78 is 5.68. The number of hydrogen-bond donors (Lipinski definition) is 1. The molecule has 2 unspecified atom stereocenters. The Morgan fingerprint density at radius 2 is 1.75 bits per heavy atom. The van der Waals surface area contributed by atoms with Gasteiger partial charge in [-0.05, 0) is 62.2 Å². The van der Waals surface area contributed by atoms with Crippen molar-refractivity contribution in [3.8, 4) is 0 Å². The van der Waals surface area contributed by atoms with Gasteiger partial charge in [0, 0.05) is 48.8 Å². The van der Waals surface area contributed by atoms with E-state index in [-0.39, 0.29) is 17.6 Å². The molecule has 1 aromatic heterocycles. The van der Waals surface area contributed by atoms with Crippen molar-refractivity contribution in [3.05, 3.63) is 89.5 Å². The van der Waals surface area contributed by atoms with Crippen LogP contribution in [0.5, 0.6) is 0 Å². The van der Waals surface area contributed by atoms with Gasteiger partial charge in [0.1, 0.15) is 5.76 Å². The second-order valence-corrected chi connectivity index (χ2v) is 9.36. The monoisotopic (exact) mass is 483 g/mol. The molecule has 0 fully saturated rings. The summed E-state index contributed by atoms with van der Waals surface area (Å²) in [6.45, 7) is 7.98. The van der Waals surface area contributed by atoms with E-state index in [0.29, 0.717) is 24.8 Å². The van der Waals surface area contributed by atoms with Gasteiger partial charge in [0.2, 0.25) is 5.91 Å². The number of fused-ring (bicyclic) bond motifs is 1. The number of carbonyl (C=O) groups is 2. The number of nitrogens with zero attached hydrogens (tertiary/aromatic N) is 2. The first-order chi connectivity index (χ1) is 17.5. The molecule has 0 saturated heterocycles. The minimum Gasteiger partial charge on any atom is -0.469 e. The fourth-order valence-corrected chi connectivity index (χ4v) is 5.53. The van der Waals surface area contributed by atoms with Crippen LogP contribution in [0.15, 0.2) is 82.6 Å². The average molecular weight is 484 g/mol.